The summed E-state index contributed by atoms with van der Waals surface area (Å²) in [7, 11) is 0. The average molecular weight is 494 g/mol. The molecule has 1 aliphatic rings. The minimum absolute atomic E-state index is 0.161. The van der Waals surface area contributed by atoms with Gasteiger partial charge in [0.15, 0.2) is 0 Å². The highest BCUT2D eigenvalue weighted by molar-refractivity contribution is 6.04. The number of amides is 1. The molecule has 2 aromatic heterocycles. The van der Waals surface area contributed by atoms with Crippen molar-refractivity contribution < 1.29 is 9.21 Å². The van der Waals surface area contributed by atoms with Crippen molar-refractivity contribution in [1.82, 2.24) is 24.6 Å². The van der Waals surface area contributed by atoms with Gasteiger partial charge < -0.3 is 9.32 Å². The third-order valence-corrected chi connectivity index (χ3v) is 7.10. The molecule has 0 spiro atoms. The molecular weight excluding hydrogens is 466 g/mol. The predicted molar refractivity (Wildman–Crippen MR) is 142 cm³/mol. The minimum Gasteiger partial charge on any atom is -0.422 e. The fraction of sp³-hybridized carbons (Fsp3) is 0.241. The van der Waals surface area contributed by atoms with Crippen LogP contribution in [0.1, 0.15) is 11.1 Å². The summed E-state index contributed by atoms with van der Waals surface area (Å²) in [5.74, 6) is 0.161. The third kappa shape index (κ3) is 4.88. The SMILES string of the molecule is O=C(Cc1ccc(-n2cncn2)cc1)N1CCN(CCc2ccc3c(=O)oc4ccccc4c3c2)CC1. The summed E-state index contributed by atoms with van der Waals surface area (Å²) in [6.07, 6.45) is 4.44. The molecule has 3 aromatic carbocycles. The van der Waals surface area contributed by atoms with Crippen molar-refractivity contribution >= 4 is 27.6 Å². The maximum atomic E-state index is 12.9. The van der Waals surface area contributed by atoms with Gasteiger partial charge in [-0.1, -0.05) is 42.5 Å². The van der Waals surface area contributed by atoms with Crippen molar-refractivity contribution in [1.29, 1.82) is 0 Å². The predicted octanol–water partition coefficient (Wildman–Crippen LogP) is 3.46. The lowest BCUT2D eigenvalue weighted by molar-refractivity contribution is -0.132. The highest BCUT2D eigenvalue weighted by Crippen LogP contribution is 2.24. The molecule has 8 heteroatoms. The molecule has 0 atom stereocenters. The number of hydrogen-bond acceptors (Lipinski definition) is 6. The second-order valence-corrected chi connectivity index (χ2v) is 9.42. The lowest BCUT2D eigenvalue weighted by atomic mass is 10.0. The normalized spacial score (nSPS) is 14.4. The highest BCUT2D eigenvalue weighted by Gasteiger charge is 2.21. The van der Waals surface area contributed by atoms with Gasteiger partial charge in [-0.2, -0.15) is 5.10 Å². The van der Waals surface area contributed by atoms with Crippen LogP contribution in [0, 0.1) is 0 Å². The Morgan fingerprint density at radius 2 is 1.65 bits per heavy atom. The van der Waals surface area contributed by atoms with E-state index in [0.29, 0.717) is 17.4 Å². The van der Waals surface area contributed by atoms with Gasteiger partial charge in [0, 0.05) is 43.5 Å². The van der Waals surface area contributed by atoms with Crippen LogP contribution in [0.2, 0.25) is 0 Å². The van der Waals surface area contributed by atoms with Crippen LogP contribution in [0.15, 0.2) is 88.6 Å². The standard InChI is InChI=1S/C29H27N5O3/c35-28(18-21-5-8-23(9-6-21)34-20-30-19-31-34)33-15-13-32(14-16-33)12-11-22-7-10-25-26(17-22)24-3-1-2-4-27(24)37-29(25)36/h1-10,17,19-20H,11-16,18H2. The second-order valence-electron chi connectivity index (χ2n) is 9.42. The van der Waals surface area contributed by atoms with Gasteiger partial charge in [0.2, 0.25) is 5.91 Å². The molecule has 0 saturated carbocycles. The van der Waals surface area contributed by atoms with Crippen molar-refractivity contribution in [3.8, 4) is 5.69 Å². The Morgan fingerprint density at radius 3 is 2.43 bits per heavy atom. The van der Waals surface area contributed by atoms with E-state index < -0.39 is 0 Å². The molecule has 0 unspecified atom stereocenters. The molecular formula is C29H27N5O3. The van der Waals surface area contributed by atoms with Crippen LogP contribution in [0.25, 0.3) is 27.4 Å². The molecule has 0 aliphatic carbocycles. The van der Waals surface area contributed by atoms with Crippen molar-refractivity contribution in [3.05, 3.63) is 101 Å². The first-order valence-electron chi connectivity index (χ1n) is 12.5. The van der Waals surface area contributed by atoms with Gasteiger partial charge in [-0.3, -0.25) is 9.69 Å². The number of para-hydroxylation sites is 1. The summed E-state index contributed by atoms with van der Waals surface area (Å²) in [6.45, 7) is 4.10. The van der Waals surface area contributed by atoms with Crippen molar-refractivity contribution in [2.24, 2.45) is 0 Å². The molecule has 1 saturated heterocycles. The van der Waals surface area contributed by atoms with E-state index in [1.807, 2.05) is 65.6 Å². The molecule has 0 radical (unpaired) electrons. The summed E-state index contributed by atoms with van der Waals surface area (Å²) in [5, 5.41) is 6.64. The van der Waals surface area contributed by atoms with E-state index in [9.17, 15) is 9.59 Å². The summed E-state index contributed by atoms with van der Waals surface area (Å²) in [4.78, 5) is 33.6. The molecule has 5 aromatic rings. The topological polar surface area (TPSA) is 84.5 Å². The largest absolute Gasteiger partial charge is 0.422 e. The molecule has 37 heavy (non-hydrogen) atoms. The van der Waals surface area contributed by atoms with Crippen LogP contribution in [0.4, 0.5) is 0 Å². The number of rotatable bonds is 6. The van der Waals surface area contributed by atoms with Gasteiger partial charge >= 0.3 is 5.63 Å². The van der Waals surface area contributed by atoms with Gasteiger partial charge in [-0.15, -0.1) is 0 Å². The van der Waals surface area contributed by atoms with Gasteiger partial charge in [-0.05, 0) is 41.8 Å². The number of fused-ring (bicyclic) bond motifs is 3. The van der Waals surface area contributed by atoms with Crippen molar-refractivity contribution in [3.63, 3.8) is 0 Å². The number of carbonyl (C=O) groups excluding carboxylic acids is 1. The molecule has 1 aliphatic heterocycles. The van der Waals surface area contributed by atoms with E-state index in [1.165, 1.54) is 11.9 Å². The molecule has 6 rings (SSSR count). The molecule has 186 valence electrons. The van der Waals surface area contributed by atoms with E-state index in [1.54, 1.807) is 11.0 Å². The first-order valence-corrected chi connectivity index (χ1v) is 12.5. The smallest absolute Gasteiger partial charge is 0.344 e. The molecule has 8 nitrogen and oxygen atoms in total. The Hall–Kier alpha value is -4.30. The van der Waals surface area contributed by atoms with E-state index >= 15 is 0 Å². The van der Waals surface area contributed by atoms with E-state index in [2.05, 4.69) is 21.0 Å². The van der Waals surface area contributed by atoms with Gasteiger partial charge in [0.25, 0.3) is 0 Å². The average Bonchev–Trinajstić information content (AvgIpc) is 3.48. The number of aromatic nitrogens is 3. The zero-order valence-electron chi connectivity index (χ0n) is 20.4. The van der Waals surface area contributed by atoms with Gasteiger partial charge in [-0.25, -0.2) is 14.5 Å². The lowest BCUT2D eigenvalue weighted by Crippen LogP contribution is -2.49. The Labute approximate surface area is 213 Å². The van der Waals surface area contributed by atoms with E-state index in [-0.39, 0.29) is 11.5 Å². The zero-order valence-corrected chi connectivity index (χ0v) is 20.4. The molecule has 1 fully saturated rings. The number of hydrogen-bond donors (Lipinski definition) is 0. The maximum Gasteiger partial charge on any atom is 0.344 e. The number of piperazine rings is 1. The Bertz CT molecular complexity index is 1600. The van der Waals surface area contributed by atoms with Crippen LogP contribution < -0.4 is 5.63 Å². The maximum absolute atomic E-state index is 12.9. The van der Waals surface area contributed by atoms with E-state index in [0.717, 1.165) is 61.2 Å². The third-order valence-electron chi connectivity index (χ3n) is 7.10. The van der Waals surface area contributed by atoms with Crippen LogP contribution in [-0.4, -0.2) is 63.2 Å². The number of benzene rings is 3. The molecule has 3 heterocycles. The van der Waals surface area contributed by atoms with Crippen molar-refractivity contribution in [2.75, 3.05) is 32.7 Å². The van der Waals surface area contributed by atoms with Crippen LogP contribution in [-0.2, 0) is 17.6 Å². The van der Waals surface area contributed by atoms with E-state index in [4.69, 9.17) is 4.42 Å². The molecule has 0 N–H and O–H groups in total. The summed E-state index contributed by atoms with van der Waals surface area (Å²) >= 11 is 0. The molecule has 1 amide bonds. The van der Waals surface area contributed by atoms with Crippen molar-refractivity contribution in [2.45, 2.75) is 12.8 Å². The van der Waals surface area contributed by atoms with Crippen LogP contribution in [0.5, 0.6) is 0 Å². The lowest BCUT2D eigenvalue weighted by Gasteiger charge is -2.34. The second kappa shape index (κ2) is 9.99. The quantitative estimate of drug-likeness (QED) is 0.266. The first-order chi connectivity index (χ1) is 18.1. The first kappa shape index (κ1) is 23.1. The Balaban J connectivity index is 1.04. The summed E-state index contributed by atoms with van der Waals surface area (Å²) < 4.78 is 7.15. The summed E-state index contributed by atoms with van der Waals surface area (Å²) in [5.41, 5.74) is 3.42. The minimum atomic E-state index is -0.299. The Morgan fingerprint density at radius 1 is 0.865 bits per heavy atom. The number of carbonyl (C=O) groups is 1. The Kier molecular flexibility index (Phi) is 6.24. The van der Waals surface area contributed by atoms with Crippen LogP contribution >= 0.6 is 0 Å². The fourth-order valence-corrected chi connectivity index (χ4v) is 4.98. The van der Waals surface area contributed by atoms with Gasteiger partial charge in [0.1, 0.15) is 18.2 Å². The van der Waals surface area contributed by atoms with Crippen LogP contribution in [0.3, 0.4) is 0 Å². The molecule has 0 bridgehead atoms. The monoisotopic (exact) mass is 493 g/mol. The summed E-state index contributed by atoms with van der Waals surface area (Å²) in [6, 6.07) is 21.5. The fourth-order valence-electron chi connectivity index (χ4n) is 4.98. The van der Waals surface area contributed by atoms with Gasteiger partial charge in [0.05, 0.1) is 17.5 Å². The number of nitrogens with zero attached hydrogens (tertiary/aromatic N) is 5. The highest BCUT2D eigenvalue weighted by atomic mass is 16.4. The zero-order chi connectivity index (χ0) is 25.2.